The van der Waals surface area contributed by atoms with Gasteiger partial charge in [-0.05, 0) is 18.6 Å². The van der Waals surface area contributed by atoms with Crippen molar-refractivity contribution in [2.24, 2.45) is 0 Å². The third-order valence-electron chi connectivity index (χ3n) is 3.24. The summed E-state index contributed by atoms with van der Waals surface area (Å²) in [5.74, 6) is 0.0254. The van der Waals surface area contributed by atoms with Crippen LogP contribution in [-0.2, 0) is 0 Å². The molecule has 2 aromatic rings. The summed E-state index contributed by atoms with van der Waals surface area (Å²) in [6, 6.07) is 12.8. The fraction of sp³-hybridized carbons (Fsp3) is 0.200. The Balaban J connectivity index is 1.98. The molecule has 4 heteroatoms. The van der Waals surface area contributed by atoms with Crippen molar-refractivity contribution in [1.29, 1.82) is 0 Å². The van der Waals surface area contributed by atoms with Crippen molar-refractivity contribution in [3.05, 3.63) is 58.9 Å². The lowest BCUT2D eigenvalue weighted by Gasteiger charge is -2.33. The van der Waals surface area contributed by atoms with E-state index in [-0.39, 0.29) is 17.2 Å². The van der Waals surface area contributed by atoms with E-state index in [1.54, 1.807) is 6.07 Å². The van der Waals surface area contributed by atoms with Crippen LogP contribution in [0, 0.1) is 5.82 Å². The molecule has 2 unspecified atom stereocenters. The number of benzene rings is 2. The highest BCUT2D eigenvalue weighted by Crippen LogP contribution is 2.39. The molecule has 0 radical (unpaired) electrons. The van der Waals surface area contributed by atoms with E-state index in [4.69, 9.17) is 16.3 Å². The summed E-state index contributed by atoms with van der Waals surface area (Å²) < 4.78 is 19.4. The largest absolute Gasteiger partial charge is 0.481 e. The van der Waals surface area contributed by atoms with Crippen molar-refractivity contribution in [1.82, 2.24) is 0 Å². The van der Waals surface area contributed by atoms with Crippen LogP contribution in [0.15, 0.2) is 42.5 Å². The van der Waals surface area contributed by atoms with Crippen LogP contribution in [0.1, 0.15) is 18.6 Å². The number of hydrogen-bond acceptors (Lipinski definition) is 2. The number of anilines is 1. The van der Waals surface area contributed by atoms with E-state index in [2.05, 4.69) is 5.32 Å². The van der Waals surface area contributed by atoms with Gasteiger partial charge in [-0.2, -0.15) is 0 Å². The Hall–Kier alpha value is -1.74. The maximum atomic E-state index is 13.5. The standard InChI is InChI=1S/C15H13ClFNO/c1-9-15(10-5-3-2-4-6-10)19-14-8-12(17)11(16)7-13(14)18-9/h2-9,15,18H,1H3. The Kier molecular flexibility index (Phi) is 3.07. The molecule has 3 rings (SSSR count). The van der Waals surface area contributed by atoms with Gasteiger partial charge in [0.15, 0.2) is 0 Å². The van der Waals surface area contributed by atoms with Gasteiger partial charge in [0.25, 0.3) is 0 Å². The molecule has 2 atom stereocenters. The molecule has 2 nitrogen and oxygen atoms in total. The molecule has 1 aliphatic rings. The number of rotatable bonds is 1. The third kappa shape index (κ3) is 2.26. The Labute approximate surface area is 116 Å². The molecule has 0 aliphatic carbocycles. The molecule has 0 saturated heterocycles. The van der Waals surface area contributed by atoms with Crippen molar-refractivity contribution >= 4 is 17.3 Å². The van der Waals surface area contributed by atoms with E-state index < -0.39 is 5.82 Å². The molecule has 1 aliphatic heterocycles. The van der Waals surface area contributed by atoms with Gasteiger partial charge in [-0.3, -0.25) is 0 Å². The zero-order valence-corrected chi connectivity index (χ0v) is 11.1. The van der Waals surface area contributed by atoms with Gasteiger partial charge in [-0.1, -0.05) is 41.9 Å². The third-order valence-corrected chi connectivity index (χ3v) is 3.53. The number of nitrogens with one attached hydrogen (secondary N) is 1. The summed E-state index contributed by atoms with van der Waals surface area (Å²) in [4.78, 5) is 0. The van der Waals surface area contributed by atoms with Gasteiger partial charge >= 0.3 is 0 Å². The molecule has 1 heterocycles. The molecular formula is C15H13ClFNO. The summed E-state index contributed by atoms with van der Waals surface area (Å²) in [5, 5.41) is 3.40. The fourth-order valence-corrected chi connectivity index (χ4v) is 2.46. The molecule has 98 valence electrons. The molecule has 19 heavy (non-hydrogen) atoms. The smallest absolute Gasteiger partial charge is 0.146 e. The predicted octanol–water partition coefficient (Wildman–Crippen LogP) is 4.41. The van der Waals surface area contributed by atoms with Crippen LogP contribution in [0.25, 0.3) is 0 Å². The summed E-state index contributed by atoms with van der Waals surface area (Å²) in [7, 11) is 0. The minimum Gasteiger partial charge on any atom is -0.481 e. The minimum absolute atomic E-state index is 0.0800. The number of ether oxygens (including phenoxy) is 1. The second kappa shape index (κ2) is 4.74. The fourth-order valence-electron chi connectivity index (χ4n) is 2.30. The maximum Gasteiger partial charge on any atom is 0.146 e. The lowest BCUT2D eigenvalue weighted by molar-refractivity contribution is 0.177. The number of fused-ring (bicyclic) bond motifs is 1. The van der Waals surface area contributed by atoms with Crippen molar-refractivity contribution in [2.75, 3.05) is 5.32 Å². The lowest BCUT2D eigenvalue weighted by Crippen LogP contribution is -2.32. The van der Waals surface area contributed by atoms with Gasteiger partial charge in [-0.25, -0.2) is 4.39 Å². The molecule has 0 saturated carbocycles. The van der Waals surface area contributed by atoms with Crippen LogP contribution < -0.4 is 10.1 Å². The maximum absolute atomic E-state index is 13.5. The second-order valence-electron chi connectivity index (χ2n) is 4.64. The van der Waals surface area contributed by atoms with E-state index in [0.717, 1.165) is 11.3 Å². The second-order valence-corrected chi connectivity index (χ2v) is 5.05. The molecule has 0 spiro atoms. The van der Waals surface area contributed by atoms with Gasteiger partial charge < -0.3 is 10.1 Å². The highest BCUT2D eigenvalue weighted by molar-refractivity contribution is 6.31. The average molecular weight is 278 g/mol. The molecule has 1 N–H and O–H groups in total. The summed E-state index contributed by atoms with van der Waals surface area (Å²) in [6.45, 7) is 2.03. The van der Waals surface area contributed by atoms with Crippen LogP contribution in [-0.4, -0.2) is 6.04 Å². The van der Waals surface area contributed by atoms with E-state index in [0.29, 0.717) is 5.75 Å². The first-order valence-electron chi connectivity index (χ1n) is 6.12. The Morgan fingerprint density at radius 2 is 1.95 bits per heavy atom. The van der Waals surface area contributed by atoms with Crippen molar-refractivity contribution in [3.8, 4) is 5.75 Å². The predicted molar refractivity (Wildman–Crippen MR) is 74.3 cm³/mol. The van der Waals surface area contributed by atoms with Crippen molar-refractivity contribution in [3.63, 3.8) is 0 Å². The monoisotopic (exact) mass is 277 g/mol. The van der Waals surface area contributed by atoms with Gasteiger partial charge in [0, 0.05) is 6.07 Å². The van der Waals surface area contributed by atoms with Crippen LogP contribution in [0.3, 0.4) is 0 Å². The van der Waals surface area contributed by atoms with Crippen molar-refractivity contribution in [2.45, 2.75) is 19.1 Å². The van der Waals surface area contributed by atoms with Gasteiger partial charge in [0.1, 0.15) is 17.7 Å². The molecule has 2 aromatic carbocycles. The summed E-state index contributed by atoms with van der Waals surface area (Å²) in [5.41, 5.74) is 1.79. The lowest BCUT2D eigenvalue weighted by atomic mass is 10.0. The van der Waals surface area contributed by atoms with E-state index >= 15 is 0 Å². The number of hydrogen-bond donors (Lipinski definition) is 1. The van der Waals surface area contributed by atoms with E-state index in [1.807, 2.05) is 37.3 Å². The normalized spacial score (nSPS) is 21.2. The van der Waals surface area contributed by atoms with Gasteiger partial charge in [-0.15, -0.1) is 0 Å². The minimum atomic E-state index is -0.469. The van der Waals surface area contributed by atoms with Crippen LogP contribution in [0.5, 0.6) is 5.75 Å². The average Bonchev–Trinajstić information content (AvgIpc) is 2.41. The highest BCUT2D eigenvalue weighted by atomic mass is 35.5. The Morgan fingerprint density at radius 3 is 2.68 bits per heavy atom. The molecule has 0 fully saturated rings. The topological polar surface area (TPSA) is 21.3 Å². The first-order chi connectivity index (χ1) is 9.15. The van der Waals surface area contributed by atoms with E-state index in [9.17, 15) is 4.39 Å². The first-order valence-corrected chi connectivity index (χ1v) is 6.50. The Bertz CT molecular complexity index is 603. The molecule has 0 bridgehead atoms. The van der Waals surface area contributed by atoms with Crippen molar-refractivity contribution < 1.29 is 9.13 Å². The summed E-state index contributed by atoms with van der Waals surface area (Å²) >= 11 is 5.78. The zero-order valence-electron chi connectivity index (χ0n) is 10.4. The van der Waals surface area contributed by atoms with Gasteiger partial charge in [0.2, 0.25) is 0 Å². The summed E-state index contributed by atoms with van der Waals surface area (Å²) in [6.07, 6.45) is -0.144. The number of halogens is 2. The molecule has 0 amide bonds. The van der Waals surface area contributed by atoms with Gasteiger partial charge in [0.05, 0.1) is 16.8 Å². The van der Waals surface area contributed by atoms with Crippen LogP contribution in [0.4, 0.5) is 10.1 Å². The van der Waals surface area contributed by atoms with Crippen LogP contribution in [0.2, 0.25) is 5.02 Å². The quantitative estimate of drug-likeness (QED) is 0.833. The zero-order chi connectivity index (χ0) is 13.4. The SMILES string of the molecule is CC1Nc2cc(Cl)c(F)cc2OC1c1ccccc1. The molecular weight excluding hydrogens is 265 g/mol. The Morgan fingerprint density at radius 1 is 1.21 bits per heavy atom. The first kappa shape index (κ1) is 12.3. The van der Waals surface area contributed by atoms with Crippen LogP contribution >= 0.6 is 11.6 Å². The van der Waals surface area contributed by atoms with E-state index in [1.165, 1.54) is 6.07 Å². The molecule has 0 aromatic heterocycles. The highest BCUT2D eigenvalue weighted by Gasteiger charge is 2.28.